The molecule has 0 aliphatic heterocycles. The lowest BCUT2D eigenvalue weighted by atomic mass is 9.64. The normalized spacial score (nSPS) is 11.6. The zero-order valence-corrected chi connectivity index (χ0v) is 17.6. The molecule has 0 fully saturated rings. The third-order valence-electron chi connectivity index (χ3n) is 5.78. The highest BCUT2D eigenvalue weighted by Crippen LogP contribution is 2.50. The number of nitrogens with two attached hydrogens (primary N) is 2. The van der Waals surface area contributed by atoms with Gasteiger partial charge in [-0.2, -0.15) is 8.78 Å². The highest BCUT2D eigenvalue weighted by molar-refractivity contribution is 5.68. The minimum atomic E-state index is -2.36. The molecule has 0 heterocycles. The number of halogens is 6. The van der Waals surface area contributed by atoms with E-state index >= 15 is 8.78 Å². The number of hydrogen-bond acceptors (Lipinski definition) is 4. The van der Waals surface area contributed by atoms with Gasteiger partial charge in [-0.1, -0.05) is 24.3 Å². The molecule has 0 radical (unpaired) electrons. The van der Waals surface area contributed by atoms with Gasteiger partial charge < -0.3 is 21.7 Å². The lowest BCUT2D eigenvalue weighted by Gasteiger charge is -2.37. The molecule has 4 rings (SSSR count). The summed E-state index contributed by atoms with van der Waals surface area (Å²) in [5, 5.41) is 19.6. The predicted octanol–water partition coefficient (Wildman–Crippen LogP) is 5.48. The van der Waals surface area contributed by atoms with E-state index in [1.807, 2.05) is 0 Å². The molecule has 0 bridgehead atoms. The molecule has 4 nitrogen and oxygen atoms in total. The highest BCUT2D eigenvalue weighted by Gasteiger charge is 2.45. The zero-order chi connectivity index (χ0) is 25.7. The molecule has 0 amide bonds. The molecule has 0 aliphatic carbocycles. The second-order valence-electron chi connectivity index (χ2n) is 7.74. The van der Waals surface area contributed by atoms with E-state index in [1.165, 1.54) is 0 Å². The Hall–Kier alpha value is -4.34. The van der Waals surface area contributed by atoms with E-state index in [0.717, 1.165) is 60.7 Å². The van der Waals surface area contributed by atoms with Crippen LogP contribution in [0.4, 0.5) is 37.7 Å². The number of rotatable bonds is 4. The Kier molecular flexibility index (Phi) is 5.75. The average molecular weight is 490 g/mol. The lowest BCUT2D eigenvalue weighted by molar-refractivity contribution is 0.396. The molecule has 0 saturated carbocycles. The van der Waals surface area contributed by atoms with Crippen molar-refractivity contribution in [3.8, 4) is 11.5 Å². The van der Waals surface area contributed by atoms with Gasteiger partial charge in [0.2, 0.25) is 11.6 Å². The van der Waals surface area contributed by atoms with Crippen LogP contribution in [0.1, 0.15) is 22.3 Å². The lowest BCUT2D eigenvalue weighted by Crippen LogP contribution is -2.34. The maximum atomic E-state index is 15.5. The van der Waals surface area contributed by atoms with Crippen LogP contribution in [-0.4, -0.2) is 10.2 Å². The van der Waals surface area contributed by atoms with Crippen LogP contribution < -0.4 is 11.5 Å². The van der Waals surface area contributed by atoms with Crippen LogP contribution in [0.5, 0.6) is 11.5 Å². The van der Waals surface area contributed by atoms with Crippen LogP contribution in [0.15, 0.2) is 60.7 Å². The molecule has 0 saturated heterocycles. The summed E-state index contributed by atoms with van der Waals surface area (Å²) in [4.78, 5) is 0. The standard InChI is InChI=1S/C25H16F6N2O2/c26-13-5-1-11(2-6-13)25(12-3-7-14(27)8-4-12,15-9-17(32)23(34)21(30)19(15)28)16-10-18(33)24(35)22(31)20(16)29/h1-10,34-35H,32-33H2. The summed E-state index contributed by atoms with van der Waals surface area (Å²) in [6.07, 6.45) is 0. The molecule has 0 aromatic heterocycles. The Bertz CT molecular complexity index is 1330. The average Bonchev–Trinajstić information content (AvgIpc) is 2.84. The van der Waals surface area contributed by atoms with Crippen molar-refractivity contribution in [2.45, 2.75) is 5.41 Å². The molecule has 10 heteroatoms. The van der Waals surface area contributed by atoms with E-state index in [-0.39, 0.29) is 11.1 Å². The fourth-order valence-corrected chi connectivity index (χ4v) is 4.15. The molecule has 180 valence electrons. The van der Waals surface area contributed by atoms with Crippen molar-refractivity contribution in [2.75, 3.05) is 11.5 Å². The molecule has 35 heavy (non-hydrogen) atoms. The summed E-state index contributed by atoms with van der Waals surface area (Å²) in [7, 11) is 0. The Balaban J connectivity index is 2.31. The van der Waals surface area contributed by atoms with Crippen LogP contribution in [0.2, 0.25) is 0 Å². The van der Waals surface area contributed by atoms with Crippen molar-refractivity contribution in [3.05, 3.63) is 118 Å². The second kappa shape index (κ2) is 8.46. The predicted molar refractivity (Wildman–Crippen MR) is 117 cm³/mol. The first-order chi connectivity index (χ1) is 16.5. The first-order valence-corrected chi connectivity index (χ1v) is 9.96. The smallest absolute Gasteiger partial charge is 0.202 e. The number of anilines is 2. The topological polar surface area (TPSA) is 92.5 Å². The van der Waals surface area contributed by atoms with Crippen molar-refractivity contribution >= 4 is 11.4 Å². The number of aromatic hydroxyl groups is 2. The van der Waals surface area contributed by atoms with Crippen LogP contribution in [0.25, 0.3) is 0 Å². The Labute approximate surface area is 194 Å². The first-order valence-electron chi connectivity index (χ1n) is 9.96. The van der Waals surface area contributed by atoms with E-state index in [4.69, 9.17) is 11.5 Å². The van der Waals surface area contributed by atoms with Crippen molar-refractivity contribution in [1.82, 2.24) is 0 Å². The maximum Gasteiger partial charge on any atom is 0.202 e. The summed E-state index contributed by atoms with van der Waals surface area (Å²) in [5.41, 5.74) is 5.98. The number of nitrogen functional groups attached to an aromatic ring is 2. The number of benzene rings is 4. The zero-order valence-electron chi connectivity index (χ0n) is 17.6. The minimum Gasteiger partial charge on any atom is -0.503 e. The molecular weight excluding hydrogens is 474 g/mol. The first kappa shape index (κ1) is 23.8. The van der Waals surface area contributed by atoms with Gasteiger partial charge in [0, 0.05) is 11.1 Å². The summed E-state index contributed by atoms with van der Waals surface area (Å²) < 4.78 is 88.2. The van der Waals surface area contributed by atoms with Gasteiger partial charge in [-0.3, -0.25) is 0 Å². The monoisotopic (exact) mass is 490 g/mol. The fourth-order valence-electron chi connectivity index (χ4n) is 4.15. The summed E-state index contributed by atoms with van der Waals surface area (Å²) >= 11 is 0. The van der Waals surface area contributed by atoms with Crippen LogP contribution in [0, 0.1) is 34.9 Å². The third-order valence-corrected chi connectivity index (χ3v) is 5.78. The molecule has 4 aromatic carbocycles. The summed E-state index contributed by atoms with van der Waals surface area (Å²) in [6.45, 7) is 0. The van der Waals surface area contributed by atoms with E-state index in [0.29, 0.717) is 0 Å². The van der Waals surface area contributed by atoms with Gasteiger partial charge in [-0.25, -0.2) is 17.6 Å². The molecule has 6 N–H and O–H groups in total. The van der Waals surface area contributed by atoms with Gasteiger partial charge in [0.25, 0.3) is 0 Å². The second-order valence-corrected chi connectivity index (χ2v) is 7.74. The van der Waals surface area contributed by atoms with Crippen molar-refractivity contribution in [3.63, 3.8) is 0 Å². The van der Waals surface area contributed by atoms with Gasteiger partial charge in [0.1, 0.15) is 11.6 Å². The molecule has 0 aliphatic rings. The highest BCUT2D eigenvalue weighted by atomic mass is 19.2. The quantitative estimate of drug-likeness (QED) is 0.132. The Morgan fingerprint density at radius 2 is 0.829 bits per heavy atom. The number of phenols is 2. The Morgan fingerprint density at radius 1 is 0.514 bits per heavy atom. The summed E-state index contributed by atoms with van der Waals surface area (Å²) in [5.74, 6) is -10.9. The molecule has 0 atom stereocenters. The number of phenolic OH excluding ortho intramolecular Hbond substituents is 2. The van der Waals surface area contributed by atoms with Crippen molar-refractivity contribution < 1.29 is 36.6 Å². The molecule has 4 aromatic rings. The third kappa shape index (κ3) is 3.58. The van der Waals surface area contributed by atoms with E-state index in [2.05, 4.69) is 0 Å². The molecular formula is C25H16F6N2O2. The number of hydrogen-bond donors (Lipinski definition) is 4. The van der Waals surface area contributed by atoms with Gasteiger partial charge in [-0.15, -0.1) is 0 Å². The van der Waals surface area contributed by atoms with Crippen molar-refractivity contribution in [2.24, 2.45) is 0 Å². The SMILES string of the molecule is Nc1cc(C(c2ccc(F)cc2)(c2ccc(F)cc2)c2cc(N)c(O)c(F)c2F)c(F)c(F)c1O. The minimum absolute atomic E-state index is 0.128. The van der Waals surface area contributed by atoms with Crippen LogP contribution >= 0.6 is 0 Å². The molecule has 0 spiro atoms. The summed E-state index contributed by atoms with van der Waals surface area (Å²) in [6, 6.07) is 9.71. The van der Waals surface area contributed by atoms with Crippen LogP contribution in [0.3, 0.4) is 0 Å². The van der Waals surface area contributed by atoms with E-state index < -0.39 is 74.3 Å². The van der Waals surface area contributed by atoms with Gasteiger partial charge in [0.15, 0.2) is 23.1 Å². The van der Waals surface area contributed by atoms with Gasteiger partial charge in [-0.05, 0) is 47.5 Å². The van der Waals surface area contributed by atoms with E-state index in [9.17, 15) is 27.8 Å². The van der Waals surface area contributed by atoms with Crippen molar-refractivity contribution in [1.29, 1.82) is 0 Å². The van der Waals surface area contributed by atoms with Gasteiger partial charge in [0.05, 0.1) is 16.8 Å². The maximum absolute atomic E-state index is 15.5. The largest absolute Gasteiger partial charge is 0.503 e. The Morgan fingerprint density at radius 3 is 1.14 bits per heavy atom. The van der Waals surface area contributed by atoms with Gasteiger partial charge >= 0.3 is 0 Å². The molecule has 0 unspecified atom stereocenters. The fraction of sp³-hybridized carbons (Fsp3) is 0.0400. The van der Waals surface area contributed by atoms with Crippen LogP contribution in [-0.2, 0) is 5.41 Å². The van der Waals surface area contributed by atoms with E-state index in [1.54, 1.807) is 0 Å².